The van der Waals surface area contributed by atoms with Crippen LogP contribution in [0.2, 0.25) is 0 Å². The van der Waals surface area contributed by atoms with Crippen LogP contribution in [0.4, 0.5) is 0 Å². The molecule has 4 nitrogen and oxygen atoms in total. The number of benzene rings is 1. The molecule has 4 heteroatoms. The van der Waals surface area contributed by atoms with Gasteiger partial charge >= 0.3 is 0 Å². The highest BCUT2D eigenvalue weighted by Gasteiger charge is 2.15. The van der Waals surface area contributed by atoms with Crippen LogP contribution in [0, 0.1) is 0 Å². The molecule has 2 aromatic heterocycles. The van der Waals surface area contributed by atoms with E-state index in [1.54, 1.807) is 12.4 Å². The molecule has 0 fully saturated rings. The Bertz CT molecular complexity index is 720. The molecule has 0 spiro atoms. The minimum atomic E-state index is -0.671. The van der Waals surface area contributed by atoms with Crippen molar-refractivity contribution >= 4 is 10.9 Å². The van der Waals surface area contributed by atoms with E-state index in [1.165, 1.54) is 0 Å². The number of aliphatic hydroxyl groups excluding tert-OH is 1. The van der Waals surface area contributed by atoms with Gasteiger partial charge in [0.2, 0.25) is 0 Å². The summed E-state index contributed by atoms with van der Waals surface area (Å²) in [5.41, 5.74) is 2.56. The van der Waals surface area contributed by atoms with E-state index in [0.29, 0.717) is 0 Å². The largest absolute Gasteiger partial charge is 0.382 e. The van der Waals surface area contributed by atoms with Gasteiger partial charge in [-0.25, -0.2) is 0 Å². The quantitative estimate of drug-likeness (QED) is 0.790. The summed E-state index contributed by atoms with van der Waals surface area (Å²) in [5, 5.41) is 15.9. The maximum absolute atomic E-state index is 10.6. The van der Waals surface area contributed by atoms with Crippen LogP contribution >= 0.6 is 0 Å². The van der Waals surface area contributed by atoms with E-state index in [4.69, 9.17) is 0 Å². The summed E-state index contributed by atoms with van der Waals surface area (Å²) >= 11 is 0. The highest BCUT2D eigenvalue weighted by molar-refractivity contribution is 5.79. The van der Waals surface area contributed by atoms with Crippen molar-refractivity contribution in [1.82, 2.24) is 14.8 Å². The molecule has 1 atom stereocenters. The SMILES string of the molecule is CCCn1nccc1C(O)c1ccc2cccnc2c1. The summed E-state index contributed by atoms with van der Waals surface area (Å²) in [7, 11) is 0. The smallest absolute Gasteiger partial charge is 0.121 e. The Morgan fingerprint density at radius 1 is 1.20 bits per heavy atom. The van der Waals surface area contributed by atoms with Crippen LogP contribution in [0.5, 0.6) is 0 Å². The second-order valence-corrected chi connectivity index (χ2v) is 4.84. The normalized spacial score (nSPS) is 12.7. The number of fused-ring (bicyclic) bond motifs is 1. The molecule has 20 heavy (non-hydrogen) atoms. The van der Waals surface area contributed by atoms with Gasteiger partial charge in [0.1, 0.15) is 6.10 Å². The Balaban J connectivity index is 1.99. The van der Waals surface area contributed by atoms with Gasteiger partial charge in [-0.05, 0) is 30.2 Å². The summed E-state index contributed by atoms with van der Waals surface area (Å²) in [5.74, 6) is 0. The van der Waals surface area contributed by atoms with Crippen molar-refractivity contribution in [3.8, 4) is 0 Å². The highest BCUT2D eigenvalue weighted by atomic mass is 16.3. The predicted octanol–water partition coefficient (Wildman–Crippen LogP) is 2.92. The van der Waals surface area contributed by atoms with Gasteiger partial charge in [0.25, 0.3) is 0 Å². The van der Waals surface area contributed by atoms with Crippen molar-refractivity contribution in [3.63, 3.8) is 0 Å². The van der Waals surface area contributed by atoms with Gasteiger partial charge in [0.05, 0.1) is 11.2 Å². The summed E-state index contributed by atoms with van der Waals surface area (Å²) in [6.07, 6.45) is 3.81. The van der Waals surface area contributed by atoms with E-state index in [-0.39, 0.29) is 0 Å². The Hall–Kier alpha value is -2.20. The number of pyridine rings is 1. The van der Waals surface area contributed by atoms with Gasteiger partial charge in [0.15, 0.2) is 0 Å². The monoisotopic (exact) mass is 267 g/mol. The molecule has 0 bridgehead atoms. The van der Waals surface area contributed by atoms with Crippen LogP contribution < -0.4 is 0 Å². The zero-order valence-electron chi connectivity index (χ0n) is 11.4. The molecule has 3 rings (SSSR count). The Morgan fingerprint density at radius 3 is 2.95 bits per heavy atom. The maximum Gasteiger partial charge on any atom is 0.121 e. The van der Waals surface area contributed by atoms with E-state index in [1.807, 2.05) is 41.1 Å². The van der Waals surface area contributed by atoms with Crippen LogP contribution in [0.1, 0.15) is 30.7 Å². The molecule has 0 radical (unpaired) electrons. The van der Waals surface area contributed by atoms with Crippen molar-refractivity contribution in [2.45, 2.75) is 26.0 Å². The molecule has 1 aromatic carbocycles. The van der Waals surface area contributed by atoms with E-state index >= 15 is 0 Å². The van der Waals surface area contributed by atoms with Crippen molar-refractivity contribution in [1.29, 1.82) is 0 Å². The van der Waals surface area contributed by atoms with Crippen LogP contribution in [-0.4, -0.2) is 19.9 Å². The summed E-state index contributed by atoms with van der Waals surface area (Å²) in [6.45, 7) is 2.91. The molecule has 0 aliphatic heterocycles. The number of aliphatic hydroxyl groups is 1. The second kappa shape index (κ2) is 5.43. The third-order valence-corrected chi connectivity index (χ3v) is 3.41. The minimum absolute atomic E-state index is 0.671. The fourth-order valence-corrected chi connectivity index (χ4v) is 2.40. The van der Waals surface area contributed by atoms with Gasteiger partial charge in [-0.15, -0.1) is 0 Å². The third-order valence-electron chi connectivity index (χ3n) is 3.41. The molecule has 1 N–H and O–H groups in total. The van der Waals surface area contributed by atoms with Gasteiger partial charge < -0.3 is 5.11 Å². The van der Waals surface area contributed by atoms with Gasteiger partial charge in [-0.1, -0.05) is 25.1 Å². The lowest BCUT2D eigenvalue weighted by Crippen LogP contribution is -2.10. The molecule has 0 saturated carbocycles. The number of hydrogen-bond donors (Lipinski definition) is 1. The van der Waals surface area contributed by atoms with Crippen LogP contribution in [0.15, 0.2) is 48.8 Å². The van der Waals surface area contributed by atoms with Gasteiger partial charge in [0, 0.05) is 24.3 Å². The lowest BCUT2D eigenvalue weighted by atomic mass is 10.0. The Labute approximate surface area is 117 Å². The number of rotatable bonds is 4. The number of hydrogen-bond acceptors (Lipinski definition) is 3. The molecule has 0 amide bonds. The topological polar surface area (TPSA) is 50.9 Å². The first-order valence-corrected chi connectivity index (χ1v) is 6.84. The fraction of sp³-hybridized carbons (Fsp3) is 0.250. The molecule has 0 aliphatic rings. The van der Waals surface area contributed by atoms with Crippen molar-refractivity contribution in [2.75, 3.05) is 0 Å². The molecule has 3 aromatic rings. The van der Waals surface area contributed by atoms with Crippen molar-refractivity contribution in [2.24, 2.45) is 0 Å². The van der Waals surface area contributed by atoms with Crippen LogP contribution in [-0.2, 0) is 6.54 Å². The highest BCUT2D eigenvalue weighted by Crippen LogP contribution is 2.24. The summed E-state index contributed by atoms with van der Waals surface area (Å²) in [4.78, 5) is 4.33. The lowest BCUT2D eigenvalue weighted by Gasteiger charge is -2.14. The molecule has 2 heterocycles. The number of nitrogens with zero attached hydrogens (tertiary/aromatic N) is 3. The summed E-state index contributed by atoms with van der Waals surface area (Å²) < 4.78 is 1.85. The van der Waals surface area contributed by atoms with E-state index in [2.05, 4.69) is 17.0 Å². The lowest BCUT2D eigenvalue weighted by molar-refractivity contribution is 0.207. The first kappa shape index (κ1) is 12.8. The van der Waals surface area contributed by atoms with E-state index in [0.717, 1.165) is 35.1 Å². The summed E-state index contributed by atoms with van der Waals surface area (Å²) in [6, 6.07) is 11.7. The maximum atomic E-state index is 10.6. The average Bonchev–Trinajstić information content (AvgIpc) is 2.94. The first-order chi connectivity index (χ1) is 9.79. The molecular formula is C16H17N3O. The van der Waals surface area contributed by atoms with Gasteiger partial charge in [-0.2, -0.15) is 5.10 Å². The van der Waals surface area contributed by atoms with Gasteiger partial charge in [-0.3, -0.25) is 9.67 Å². The average molecular weight is 267 g/mol. The van der Waals surface area contributed by atoms with Crippen molar-refractivity contribution in [3.05, 3.63) is 60.0 Å². The second-order valence-electron chi connectivity index (χ2n) is 4.84. The molecule has 1 unspecified atom stereocenters. The van der Waals surface area contributed by atoms with E-state index < -0.39 is 6.10 Å². The van der Waals surface area contributed by atoms with Crippen molar-refractivity contribution < 1.29 is 5.11 Å². The standard InChI is InChI=1S/C16H17N3O/c1-2-10-19-15(7-9-18-19)16(20)13-6-5-12-4-3-8-17-14(12)11-13/h3-9,11,16,20H,2,10H2,1H3. The Morgan fingerprint density at radius 2 is 2.10 bits per heavy atom. The first-order valence-electron chi connectivity index (χ1n) is 6.84. The Kier molecular flexibility index (Phi) is 3.48. The fourth-order valence-electron chi connectivity index (χ4n) is 2.40. The predicted molar refractivity (Wildman–Crippen MR) is 78.3 cm³/mol. The molecule has 0 aliphatic carbocycles. The zero-order valence-corrected chi connectivity index (χ0v) is 11.4. The molecule has 0 saturated heterocycles. The number of aryl methyl sites for hydroxylation is 1. The van der Waals surface area contributed by atoms with E-state index in [9.17, 15) is 5.11 Å². The molecular weight excluding hydrogens is 250 g/mol. The minimum Gasteiger partial charge on any atom is -0.382 e. The number of aromatic nitrogens is 3. The third kappa shape index (κ3) is 2.30. The zero-order chi connectivity index (χ0) is 13.9. The van der Waals surface area contributed by atoms with Crippen LogP contribution in [0.3, 0.4) is 0 Å². The molecule has 102 valence electrons. The van der Waals surface area contributed by atoms with Crippen LogP contribution in [0.25, 0.3) is 10.9 Å².